The number of hydrogen-bond donors (Lipinski definition) is 1. The zero-order valence-electron chi connectivity index (χ0n) is 12.0. The van der Waals surface area contributed by atoms with Crippen LogP contribution in [0.4, 0.5) is 0 Å². The molecule has 1 aromatic heterocycles. The van der Waals surface area contributed by atoms with Crippen molar-refractivity contribution in [3.05, 3.63) is 21.4 Å². The first-order valence-corrected chi connectivity index (χ1v) is 8.03. The molecule has 0 spiro atoms. The summed E-state index contributed by atoms with van der Waals surface area (Å²) in [5.74, 6) is 0.256. The van der Waals surface area contributed by atoms with Gasteiger partial charge in [0.15, 0.2) is 0 Å². The Bertz CT molecular complexity index is 400. The van der Waals surface area contributed by atoms with Crippen molar-refractivity contribution in [2.24, 2.45) is 0 Å². The Kier molecular flexibility index (Phi) is 5.40. The summed E-state index contributed by atoms with van der Waals surface area (Å²) in [7, 11) is 0. The third-order valence-electron chi connectivity index (χ3n) is 3.75. The molecule has 19 heavy (non-hydrogen) atoms. The van der Waals surface area contributed by atoms with Crippen molar-refractivity contribution in [1.82, 2.24) is 10.2 Å². The van der Waals surface area contributed by atoms with Gasteiger partial charge in [0, 0.05) is 29.4 Å². The minimum Gasteiger partial charge on any atom is -0.342 e. The second-order valence-electron chi connectivity index (χ2n) is 5.35. The van der Waals surface area contributed by atoms with E-state index in [1.54, 1.807) is 0 Å². The van der Waals surface area contributed by atoms with Crippen molar-refractivity contribution in [3.8, 4) is 0 Å². The maximum Gasteiger partial charge on any atom is 0.236 e. The molecular weight excluding hydrogens is 256 g/mol. The molecule has 1 saturated heterocycles. The van der Waals surface area contributed by atoms with E-state index in [9.17, 15) is 4.79 Å². The third kappa shape index (κ3) is 4.32. The largest absolute Gasteiger partial charge is 0.342 e. The van der Waals surface area contributed by atoms with Crippen molar-refractivity contribution >= 4 is 17.2 Å². The average Bonchev–Trinajstić information content (AvgIpc) is 2.62. The maximum atomic E-state index is 12.1. The van der Waals surface area contributed by atoms with E-state index >= 15 is 0 Å². The Labute approximate surface area is 120 Å². The highest BCUT2D eigenvalue weighted by molar-refractivity contribution is 7.12. The van der Waals surface area contributed by atoms with Crippen molar-refractivity contribution in [3.63, 3.8) is 0 Å². The van der Waals surface area contributed by atoms with Crippen LogP contribution >= 0.6 is 11.3 Å². The number of carbonyl (C=O) groups is 1. The lowest BCUT2D eigenvalue weighted by molar-refractivity contribution is -0.130. The smallest absolute Gasteiger partial charge is 0.236 e. The number of amides is 1. The molecule has 0 aromatic carbocycles. The van der Waals surface area contributed by atoms with Crippen LogP contribution in [0.3, 0.4) is 0 Å². The number of aryl methyl sites for hydroxylation is 2. The number of nitrogens with one attached hydrogen (secondary N) is 1. The summed E-state index contributed by atoms with van der Waals surface area (Å²) in [6.07, 6.45) is 4.86. The second-order valence-corrected chi connectivity index (χ2v) is 6.69. The molecule has 3 nitrogen and oxygen atoms in total. The molecule has 1 aromatic rings. The standard InChI is InChI=1S/C15H24N2OS/c1-12-9-14(19-13(12)2)10-16-11-15(18)17-7-5-3-4-6-8-17/h9,16H,3-8,10-11H2,1-2H3. The van der Waals surface area contributed by atoms with Gasteiger partial charge in [-0.2, -0.15) is 0 Å². The second kappa shape index (κ2) is 7.06. The predicted octanol–water partition coefficient (Wildman–Crippen LogP) is 2.86. The van der Waals surface area contributed by atoms with Crippen molar-refractivity contribution < 1.29 is 4.79 Å². The molecule has 4 heteroatoms. The Balaban J connectivity index is 1.73. The van der Waals surface area contributed by atoms with Gasteiger partial charge < -0.3 is 10.2 Å². The highest BCUT2D eigenvalue weighted by Gasteiger charge is 2.14. The van der Waals surface area contributed by atoms with Gasteiger partial charge in [-0.1, -0.05) is 12.8 Å². The molecular formula is C15H24N2OS. The van der Waals surface area contributed by atoms with Gasteiger partial charge in [-0.3, -0.25) is 4.79 Å². The van der Waals surface area contributed by atoms with Gasteiger partial charge >= 0.3 is 0 Å². The summed E-state index contributed by atoms with van der Waals surface area (Å²) in [4.78, 5) is 16.8. The molecule has 0 atom stereocenters. The summed E-state index contributed by atoms with van der Waals surface area (Å²) in [5.41, 5.74) is 1.35. The van der Waals surface area contributed by atoms with E-state index in [4.69, 9.17) is 0 Å². The highest BCUT2D eigenvalue weighted by Crippen LogP contribution is 2.20. The Morgan fingerprint density at radius 2 is 1.95 bits per heavy atom. The lowest BCUT2D eigenvalue weighted by Gasteiger charge is -2.20. The normalized spacial score (nSPS) is 16.4. The molecule has 0 bridgehead atoms. The van der Waals surface area contributed by atoms with Crippen LogP contribution in [0.1, 0.15) is 41.0 Å². The Hall–Kier alpha value is -0.870. The Morgan fingerprint density at radius 3 is 2.53 bits per heavy atom. The number of carbonyl (C=O) groups excluding carboxylic acids is 1. The first-order valence-electron chi connectivity index (χ1n) is 7.21. The number of nitrogens with zero attached hydrogens (tertiary/aromatic N) is 1. The van der Waals surface area contributed by atoms with Crippen LogP contribution in [0.15, 0.2) is 6.07 Å². The summed E-state index contributed by atoms with van der Waals surface area (Å²) < 4.78 is 0. The van der Waals surface area contributed by atoms with Crippen LogP contribution < -0.4 is 5.32 Å². The first kappa shape index (κ1) is 14.5. The van der Waals surface area contributed by atoms with E-state index in [1.807, 2.05) is 16.2 Å². The van der Waals surface area contributed by atoms with Gasteiger partial charge in [0.1, 0.15) is 0 Å². The number of likely N-dealkylation sites (tertiary alicyclic amines) is 1. The molecule has 0 unspecified atom stereocenters. The van der Waals surface area contributed by atoms with E-state index in [-0.39, 0.29) is 5.91 Å². The van der Waals surface area contributed by atoms with Gasteiger partial charge in [0.2, 0.25) is 5.91 Å². The quantitative estimate of drug-likeness (QED) is 0.920. The highest BCUT2D eigenvalue weighted by atomic mass is 32.1. The number of rotatable bonds is 4. The molecule has 1 aliphatic heterocycles. The average molecular weight is 280 g/mol. The molecule has 106 valence electrons. The zero-order chi connectivity index (χ0) is 13.7. The first-order chi connectivity index (χ1) is 9.16. The minimum atomic E-state index is 0.256. The van der Waals surface area contributed by atoms with Gasteiger partial charge in [-0.05, 0) is 38.3 Å². The van der Waals surface area contributed by atoms with Gasteiger partial charge in [0.25, 0.3) is 0 Å². The maximum absolute atomic E-state index is 12.1. The van der Waals surface area contributed by atoms with Crippen LogP contribution in [0.5, 0.6) is 0 Å². The number of thiophene rings is 1. The molecule has 1 amide bonds. The Morgan fingerprint density at radius 1 is 1.26 bits per heavy atom. The third-order valence-corrected chi connectivity index (χ3v) is 4.90. The molecule has 2 rings (SSSR count). The molecule has 1 aliphatic rings. The lowest BCUT2D eigenvalue weighted by atomic mass is 10.2. The summed E-state index contributed by atoms with van der Waals surface area (Å²) >= 11 is 1.82. The number of hydrogen-bond acceptors (Lipinski definition) is 3. The fourth-order valence-electron chi connectivity index (χ4n) is 2.46. The fraction of sp³-hybridized carbons (Fsp3) is 0.667. The molecule has 0 radical (unpaired) electrons. The molecule has 1 N–H and O–H groups in total. The molecule has 2 heterocycles. The summed E-state index contributed by atoms with van der Waals surface area (Å²) in [5, 5.41) is 3.28. The van der Waals surface area contributed by atoms with E-state index in [1.165, 1.54) is 28.2 Å². The van der Waals surface area contributed by atoms with Crippen LogP contribution in [0, 0.1) is 13.8 Å². The topological polar surface area (TPSA) is 32.3 Å². The van der Waals surface area contributed by atoms with Gasteiger partial charge in [-0.15, -0.1) is 11.3 Å². The lowest BCUT2D eigenvalue weighted by Crippen LogP contribution is -2.38. The SMILES string of the molecule is Cc1cc(CNCC(=O)N2CCCCCC2)sc1C. The monoisotopic (exact) mass is 280 g/mol. The molecule has 0 saturated carbocycles. The minimum absolute atomic E-state index is 0.256. The van der Waals surface area contributed by atoms with Crippen molar-refractivity contribution in [1.29, 1.82) is 0 Å². The van der Waals surface area contributed by atoms with Gasteiger partial charge in [0.05, 0.1) is 6.54 Å². The van der Waals surface area contributed by atoms with E-state index < -0.39 is 0 Å². The predicted molar refractivity (Wildman–Crippen MR) is 80.5 cm³/mol. The van der Waals surface area contributed by atoms with E-state index in [0.29, 0.717) is 6.54 Å². The van der Waals surface area contributed by atoms with E-state index in [2.05, 4.69) is 25.2 Å². The van der Waals surface area contributed by atoms with Crippen LogP contribution in [-0.4, -0.2) is 30.4 Å². The molecule has 1 fully saturated rings. The van der Waals surface area contributed by atoms with Crippen LogP contribution in [0.25, 0.3) is 0 Å². The van der Waals surface area contributed by atoms with Gasteiger partial charge in [-0.25, -0.2) is 0 Å². The van der Waals surface area contributed by atoms with Crippen molar-refractivity contribution in [2.45, 2.75) is 46.1 Å². The van der Waals surface area contributed by atoms with Crippen molar-refractivity contribution in [2.75, 3.05) is 19.6 Å². The van der Waals surface area contributed by atoms with Crippen LogP contribution in [-0.2, 0) is 11.3 Å². The zero-order valence-corrected chi connectivity index (χ0v) is 12.8. The van der Waals surface area contributed by atoms with Crippen LogP contribution in [0.2, 0.25) is 0 Å². The summed E-state index contributed by atoms with van der Waals surface area (Å²) in [6.45, 7) is 7.44. The fourth-order valence-corrected chi connectivity index (χ4v) is 3.48. The molecule has 0 aliphatic carbocycles. The summed E-state index contributed by atoms with van der Waals surface area (Å²) in [6, 6.07) is 2.21. The van der Waals surface area contributed by atoms with E-state index in [0.717, 1.165) is 32.5 Å².